The van der Waals surface area contributed by atoms with E-state index in [0.29, 0.717) is 17.0 Å². The Hall–Kier alpha value is -2.62. The van der Waals surface area contributed by atoms with Gasteiger partial charge in [-0.1, -0.05) is 18.2 Å². The van der Waals surface area contributed by atoms with Gasteiger partial charge in [0.1, 0.15) is 5.75 Å². The molecule has 2 amide bonds. The maximum Gasteiger partial charge on any atom is 0.265 e. The van der Waals surface area contributed by atoms with Gasteiger partial charge in [0.05, 0.1) is 12.8 Å². The number of amides is 2. The molecule has 0 saturated heterocycles. The molecular weight excluding hydrogens is 254 g/mol. The molecule has 2 aromatic rings. The molecular formula is C16H15NO3. The average Bonchev–Trinajstić information content (AvgIpc) is 2.48. The fourth-order valence-corrected chi connectivity index (χ4v) is 1.88. The number of carbonyl (C=O) groups is 2. The van der Waals surface area contributed by atoms with Crippen molar-refractivity contribution >= 4 is 17.5 Å². The summed E-state index contributed by atoms with van der Waals surface area (Å²) in [5.41, 5.74) is 0.991. The molecule has 0 spiro atoms. The molecule has 102 valence electrons. The first-order valence-electron chi connectivity index (χ1n) is 6.17. The van der Waals surface area contributed by atoms with Crippen LogP contribution in [0, 0.1) is 0 Å². The van der Waals surface area contributed by atoms with Crippen molar-refractivity contribution in [2.75, 3.05) is 12.0 Å². The number of ether oxygens (including phenoxy) is 1. The average molecular weight is 269 g/mol. The zero-order chi connectivity index (χ0) is 14.5. The Morgan fingerprint density at radius 1 is 0.950 bits per heavy atom. The van der Waals surface area contributed by atoms with E-state index in [-0.39, 0.29) is 11.8 Å². The van der Waals surface area contributed by atoms with Gasteiger partial charge < -0.3 is 4.74 Å². The van der Waals surface area contributed by atoms with E-state index < -0.39 is 0 Å². The Morgan fingerprint density at radius 2 is 1.55 bits per heavy atom. The van der Waals surface area contributed by atoms with Crippen LogP contribution in [0.1, 0.15) is 17.3 Å². The van der Waals surface area contributed by atoms with Gasteiger partial charge in [-0.3, -0.25) is 9.59 Å². The smallest absolute Gasteiger partial charge is 0.265 e. The molecule has 0 N–H and O–H groups in total. The molecule has 0 bridgehead atoms. The van der Waals surface area contributed by atoms with Crippen molar-refractivity contribution in [1.82, 2.24) is 0 Å². The maximum absolute atomic E-state index is 12.4. The molecule has 0 aromatic heterocycles. The summed E-state index contributed by atoms with van der Waals surface area (Å²) in [7, 11) is 1.56. The lowest BCUT2D eigenvalue weighted by Gasteiger charge is -2.19. The van der Waals surface area contributed by atoms with Gasteiger partial charge in [-0.15, -0.1) is 0 Å². The van der Waals surface area contributed by atoms with Crippen LogP contribution in [0.3, 0.4) is 0 Å². The molecule has 0 aliphatic rings. The highest BCUT2D eigenvalue weighted by Crippen LogP contribution is 2.21. The Labute approximate surface area is 117 Å². The van der Waals surface area contributed by atoms with Crippen molar-refractivity contribution in [2.24, 2.45) is 0 Å². The Kier molecular flexibility index (Phi) is 4.15. The van der Waals surface area contributed by atoms with Crippen LogP contribution in [0.4, 0.5) is 5.69 Å². The van der Waals surface area contributed by atoms with E-state index >= 15 is 0 Å². The quantitative estimate of drug-likeness (QED) is 0.860. The normalized spacial score (nSPS) is 9.90. The minimum absolute atomic E-state index is 0.330. The number of nitrogens with zero attached hydrogens (tertiary/aromatic N) is 1. The highest BCUT2D eigenvalue weighted by Gasteiger charge is 2.21. The number of carbonyl (C=O) groups excluding carboxylic acids is 2. The van der Waals surface area contributed by atoms with Crippen LogP contribution in [-0.2, 0) is 4.79 Å². The van der Waals surface area contributed by atoms with Crippen LogP contribution < -0.4 is 9.64 Å². The summed E-state index contributed by atoms with van der Waals surface area (Å²) in [6.07, 6.45) is 0. The molecule has 0 atom stereocenters. The number of hydrogen-bond acceptors (Lipinski definition) is 3. The summed E-state index contributed by atoms with van der Waals surface area (Å²) in [6, 6.07) is 15.5. The first kappa shape index (κ1) is 13.8. The lowest BCUT2D eigenvalue weighted by Crippen LogP contribution is -2.35. The lowest BCUT2D eigenvalue weighted by atomic mass is 10.1. The molecule has 0 radical (unpaired) electrons. The number of benzene rings is 2. The van der Waals surface area contributed by atoms with Gasteiger partial charge in [0, 0.05) is 12.5 Å². The third-order valence-corrected chi connectivity index (χ3v) is 2.87. The van der Waals surface area contributed by atoms with E-state index in [1.165, 1.54) is 6.92 Å². The second-order valence-electron chi connectivity index (χ2n) is 4.22. The van der Waals surface area contributed by atoms with Gasteiger partial charge in [0.2, 0.25) is 5.91 Å². The fourth-order valence-electron chi connectivity index (χ4n) is 1.88. The van der Waals surface area contributed by atoms with Crippen LogP contribution in [0.25, 0.3) is 0 Å². The molecule has 4 heteroatoms. The summed E-state index contributed by atoms with van der Waals surface area (Å²) in [5, 5.41) is 0. The maximum atomic E-state index is 12.4. The molecule has 0 aliphatic carbocycles. The number of anilines is 1. The predicted octanol–water partition coefficient (Wildman–Crippen LogP) is 2.89. The zero-order valence-electron chi connectivity index (χ0n) is 11.4. The first-order chi connectivity index (χ1) is 9.63. The summed E-state index contributed by atoms with van der Waals surface area (Å²) >= 11 is 0. The minimum Gasteiger partial charge on any atom is -0.497 e. The van der Waals surface area contributed by atoms with Crippen LogP contribution in [0.15, 0.2) is 54.6 Å². The van der Waals surface area contributed by atoms with Gasteiger partial charge in [-0.25, -0.2) is 4.90 Å². The van der Waals surface area contributed by atoms with Crippen molar-refractivity contribution in [3.63, 3.8) is 0 Å². The van der Waals surface area contributed by atoms with E-state index in [9.17, 15) is 9.59 Å². The second kappa shape index (κ2) is 6.02. The second-order valence-corrected chi connectivity index (χ2v) is 4.22. The third kappa shape index (κ3) is 2.85. The van der Waals surface area contributed by atoms with Crippen molar-refractivity contribution in [1.29, 1.82) is 0 Å². The van der Waals surface area contributed by atoms with Gasteiger partial charge in [-0.2, -0.15) is 0 Å². The van der Waals surface area contributed by atoms with E-state index in [1.54, 1.807) is 55.6 Å². The molecule has 0 unspecified atom stereocenters. The van der Waals surface area contributed by atoms with Crippen molar-refractivity contribution < 1.29 is 14.3 Å². The first-order valence-corrected chi connectivity index (χ1v) is 6.17. The van der Waals surface area contributed by atoms with Crippen molar-refractivity contribution in [3.8, 4) is 5.75 Å². The molecule has 0 saturated carbocycles. The monoisotopic (exact) mass is 269 g/mol. The van der Waals surface area contributed by atoms with Crippen LogP contribution in [-0.4, -0.2) is 18.9 Å². The third-order valence-electron chi connectivity index (χ3n) is 2.87. The molecule has 2 rings (SSSR count). The molecule has 0 heterocycles. The van der Waals surface area contributed by atoms with Crippen LogP contribution in [0.2, 0.25) is 0 Å². The molecule has 0 fully saturated rings. The number of imide groups is 1. The van der Waals surface area contributed by atoms with E-state index in [0.717, 1.165) is 4.90 Å². The van der Waals surface area contributed by atoms with Gasteiger partial charge in [0.25, 0.3) is 5.91 Å². The Balaban J connectivity index is 2.36. The summed E-state index contributed by atoms with van der Waals surface area (Å²) in [6.45, 7) is 1.37. The van der Waals surface area contributed by atoms with E-state index in [4.69, 9.17) is 4.74 Å². The van der Waals surface area contributed by atoms with Gasteiger partial charge in [-0.05, 0) is 36.4 Å². The fraction of sp³-hybridized carbons (Fsp3) is 0.125. The Morgan fingerprint density at radius 3 is 2.05 bits per heavy atom. The zero-order valence-corrected chi connectivity index (χ0v) is 11.4. The topological polar surface area (TPSA) is 46.6 Å². The SMILES string of the molecule is COc1ccc(N(C(C)=O)C(=O)c2ccccc2)cc1. The van der Waals surface area contributed by atoms with Crippen LogP contribution in [0.5, 0.6) is 5.75 Å². The standard InChI is InChI=1S/C16H15NO3/c1-12(18)17(14-8-10-15(20-2)11-9-14)16(19)13-6-4-3-5-7-13/h3-11H,1-2H3. The highest BCUT2D eigenvalue weighted by molar-refractivity contribution is 6.20. The molecule has 0 aliphatic heterocycles. The number of rotatable bonds is 3. The highest BCUT2D eigenvalue weighted by atomic mass is 16.5. The summed E-state index contributed by atoms with van der Waals surface area (Å²) in [5.74, 6) is -0.00306. The Bertz CT molecular complexity index is 605. The lowest BCUT2D eigenvalue weighted by molar-refractivity contribution is -0.115. The van der Waals surface area contributed by atoms with E-state index in [1.807, 2.05) is 6.07 Å². The number of methoxy groups -OCH3 is 1. The minimum atomic E-state index is -0.344. The number of hydrogen-bond donors (Lipinski definition) is 0. The summed E-state index contributed by atoms with van der Waals surface area (Å²) < 4.78 is 5.07. The summed E-state index contributed by atoms with van der Waals surface area (Å²) in [4.78, 5) is 25.4. The van der Waals surface area contributed by atoms with Crippen molar-refractivity contribution in [3.05, 3.63) is 60.2 Å². The largest absolute Gasteiger partial charge is 0.497 e. The molecule has 20 heavy (non-hydrogen) atoms. The van der Waals surface area contributed by atoms with Crippen LogP contribution >= 0.6 is 0 Å². The predicted molar refractivity (Wildman–Crippen MR) is 76.9 cm³/mol. The van der Waals surface area contributed by atoms with E-state index in [2.05, 4.69) is 0 Å². The molecule has 4 nitrogen and oxygen atoms in total. The van der Waals surface area contributed by atoms with Gasteiger partial charge in [0.15, 0.2) is 0 Å². The molecule has 2 aromatic carbocycles. The van der Waals surface area contributed by atoms with Crippen molar-refractivity contribution in [2.45, 2.75) is 6.92 Å². The van der Waals surface area contributed by atoms with Gasteiger partial charge >= 0.3 is 0 Å².